The molecule has 0 aliphatic rings. The van der Waals surface area contributed by atoms with Crippen molar-refractivity contribution in [2.24, 2.45) is 11.3 Å². The van der Waals surface area contributed by atoms with E-state index in [1.165, 1.54) is 0 Å². The lowest BCUT2D eigenvalue weighted by Crippen LogP contribution is -2.55. The van der Waals surface area contributed by atoms with Gasteiger partial charge in [0.05, 0.1) is 17.7 Å². The van der Waals surface area contributed by atoms with Gasteiger partial charge in [-0.05, 0) is 44.8 Å². The second kappa shape index (κ2) is 11.5. The Morgan fingerprint density at radius 1 is 1.09 bits per heavy atom. The van der Waals surface area contributed by atoms with Crippen molar-refractivity contribution in [3.8, 4) is 0 Å². The molecule has 0 aliphatic carbocycles. The van der Waals surface area contributed by atoms with E-state index in [1.807, 2.05) is 69.5 Å². The number of hydrogen-bond donors (Lipinski definition) is 1. The first kappa shape index (κ1) is 29.1. The van der Waals surface area contributed by atoms with Crippen molar-refractivity contribution < 1.29 is 32.0 Å². The van der Waals surface area contributed by atoms with Crippen LogP contribution < -0.4 is 5.32 Å². The van der Waals surface area contributed by atoms with Gasteiger partial charge >= 0.3 is 12.1 Å². The van der Waals surface area contributed by atoms with Crippen molar-refractivity contribution in [3.05, 3.63) is 35.9 Å². The Morgan fingerprint density at radius 3 is 2.03 bits per heavy atom. The highest BCUT2D eigenvalue weighted by Gasteiger charge is 2.45. The zero-order valence-electron chi connectivity index (χ0n) is 20.7. The molecule has 0 radical (unpaired) electrons. The van der Waals surface area contributed by atoms with Crippen LogP contribution >= 0.6 is 0 Å². The number of carbonyl (C=O) groups is 2. The summed E-state index contributed by atoms with van der Waals surface area (Å²) in [6, 6.07) is 8.39. The van der Waals surface area contributed by atoms with Gasteiger partial charge < -0.3 is 9.74 Å². The number of nitrogens with one attached hydrogen (secondary N) is 1. The Hall–Kier alpha value is -1.91. The molecule has 33 heavy (non-hydrogen) atoms. The molecule has 1 N–H and O–H groups in total. The van der Waals surface area contributed by atoms with Crippen LogP contribution in [0, 0.1) is 11.3 Å². The van der Waals surface area contributed by atoms with Crippen molar-refractivity contribution >= 4 is 21.4 Å². The van der Waals surface area contributed by atoms with Crippen molar-refractivity contribution in [1.82, 2.24) is 10.4 Å². The second-order valence-electron chi connectivity index (χ2n) is 10.4. The van der Waals surface area contributed by atoms with Crippen LogP contribution in [0.15, 0.2) is 30.3 Å². The van der Waals surface area contributed by atoms with Crippen molar-refractivity contribution in [2.75, 3.05) is 6.54 Å². The number of benzene rings is 1. The first-order chi connectivity index (χ1) is 15.0. The molecule has 1 aromatic carbocycles. The lowest BCUT2D eigenvalue weighted by atomic mass is 9.73. The predicted molar refractivity (Wildman–Crippen MR) is 124 cm³/mol. The van der Waals surface area contributed by atoms with Crippen LogP contribution in [0.4, 0.5) is 13.2 Å². The molecule has 0 bridgehead atoms. The molecule has 10 heteroatoms. The average molecular weight is 491 g/mol. The Labute approximate surface area is 196 Å². The van der Waals surface area contributed by atoms with Gasteiger partial charge in [-0.1, -0.05) is 51.1 Å². The van der Waals surface area contributed by atoms with E-state index < -0.39 is 50.2 Å². The van der Waals surface area contributed by atoms with Gasteiger partial charge in [0.25, 0.3) is 0 Å². The molecule has 0 saturated heterocycles. The molecule has 2 amide bonds. The molecule has 1 rings (SSSR count). The summed E-state index contributed by atoms with van der Waals surface area (Å²) >= 11 is 0. The molecule has 0 heterocycles. The molecule has 0 aliphatic heterocycles. The molecule has 1 aromatic rings. The first-order valence-electron chi connectivity index (χ1n) is 11.0. The number of rotatable bonds is 10. The van der Waals surface area contributed by atoms with Gasteiger partial charge in [0, 0.05) is 12.5 Å². The summed E-state index contributed by atoms with van der Waals surface area (Å²) in [7, 11) is -1.69. The molecule has 0 fully saturated rings. The highest BCUT2D eigenvalue weighted by Crippen LogP contribution is 2.39. The molecule has 0 saturated carbocycles. The average Bonchev–Trinajstić information content (AvgIpc) is 2.66. The third-order valence-electron chi connectivity index (χ3n) is 4.90. The lowest BCUT2D eigenvalue weighted by molar-refractivity contribution is -0.254. The van der Waals surface area contributed by atoms with E-state index in [0.717, 1.165) is 10.6 Å². The minimum atomic E-state index is -5.01. The van der Waals surface area contributed by atoms with Gasteiger partial charge in [-0.2, -0.15) is 13.2 Å². The fourth-order valence-electron chi connectivity index (χ4n) is 3.52. The van der Waals surface area contributed by atoms with Crippen molar-refractivity contribution in [1.29, 1.82) is 0 Å². The van der Waals surface area contributed by atoms with Gasteiger partial charge in [0.2, 0.25) is 6.41 Å². The predicted octanol–water partition coefficient (Wildman–Crippen LogP) is 4.63. The second-order valence-corrected chi connectivity index (χ2v) is 12.7. The topological polar surface area (TPSA) is 67.9 Å². The minimum Gasteiger partial charge on any atom is -0.411 e. The van der Waals surface area contributed by atoms with Crippen LogP contribution in [0.2, 0.25) is 13.1 Å². The van der Waals surface area contributed by atoms with E-state index in [2.05, 4.69) is 0 Å². The summed E-state index contributed by atoms with van der Waals surface area (Å²) < 4.78 is 45.1. The number of hydrogen-bond acceptors (Lipinski definition) is 4. The summed E-state index contributed by atoms with van der Waals surface area (Å²) in [6.45, 7) is 14.5. The molecule has 0 spiro atoms. The number of nitrogens with zero attached hydrogens (tertiary/aromatic N) is 1. The zero-order valence-corrected chi connectivity index (χ0v) is 21.8. The molecular weight excluding hydrogens is 453 g/mol. The fourth-order valence-corrected chi connectivity index (χ4v) is 4.43. The quantitative estimate of drug-likeness (QED) is 0.295. The van der Waals surface area contributed by atoms with E-state index in [-0.39, 0.29) is 6.54 Å². The smallest absolute Gasteiger partial charge is 0.411 e. The van der Waals surface area contributed by atoms with Crippen LogP contribution in [-0.2, 0) is 18.9 Å². The van der Waals surface area contributed by atoms with E-state index in [1.54, 1.807) is 20.8 Å². The van der Waals surface area contributed by atoms with Crippen LogP contribution in [0.3, 0.4) is 0 Å². The minimum absolute atomic E-state index is 0.323. The standard InChI is InChI=1S/C23H37F3N2O4Si/c1-21(2,3)17(14-27-20(30)23(24,25)26)18(28(15-29)32-22(4,5)6)19(31-33(7)8)16-12-10-9-11-13-16/h9-13,15,17-19,33H,14H2,1-8H3,(H,27,30). The van der Waals surface area contributed by atoms with Gasteiger partial charge in [0.1, 0.15) is 0 Å². The number of hydroxylamine groups is 2. The first-order valence-corrected chi connectivity index (χ1v) is 13.7. The van der Waals surface area contributed by atoms with Crippen LogP contribution in [-0.4, -0.2) is 50.8 Å². The van der Waals surface area contributed by atoms with Gasteiger partial charge in [-0.25, -0.2) is 5.06 Å². The van der Waals surface area contributed by atoms with Gasteiger partial charge in [-0.3, -0.25) is 14.4 Å². The molecule has 0 aromatic heterocycles. The number of alkyl halides is 3. The van der Waals surface area contributed by atoms with E-state index in [9.17, 15) is 22.8 Å². The van der Waals surface area contributed by atoms with Crippen molar-refractivity contribution in [2.45, 2.75) is 78.6 Å². The Morgan fingerprint density at radius 2 is 1.64 bits per heavy atom. The monoisotopic (exact) mass is 490 g/mol. The number of halogens is 3. The van der Waals surface area contributed by atoms with Crippen LogP contribution in [0.25, 0.3) is 0 Å². The fraction of sp³-hybridized carbons (Fsp3) is 0.652. The number of amides is 2. The maximum Gasteiger partial charge on any atom is 0.471 e. The Balaban J connectivity index is 3.62. The van der Waals surface area contributed by atoms with E-state index >= 15 is 0 Å². The molecule has 3 atom stereocenters. The van der Waals surface area contributed by atoms with Gasteiger partial charge in [0.15, 0.2) is 9.04 Å². The van der Waals surface area contributed by atoms with Gasteiger partial charge in [-0.15, -0.1) is 0 Å². The van der Waals surface area contributed by atoms with E-state index in [4.69, 9.17) is 9.26 Å². The Bertz CT molecular complexity index is 762. The summed E-state index contributed by atoms with van der Waals surface area (Å²) in [5.74, 6) is -2.67. The summed E-state index contributed by atoms with van der Waals surface area (Å²) in [4.78, 5) is 29.8. The maximum absolute atomic E-state index is 12.9. The van der Waals surface area contributed by atoms with Crippen molar-refractivity contribution in [3.63, 3.8) is 0 Å². The largest absolute Gasteiger partial charge is 0.471 e. The summed E-state index contributed by atoms with van der Waals surface area (Å²) in [6.07, 6.45) is -5.15. The SMILES string of the molecule is C[SiH](C)OC(c1ccccc1)C(C(CNC(=O)C(F)(F)F)C(C)(C)C)N(C=O)OC(C)(C)C. The summed E-state index contributed by atoms with van der Waals surface area (Å²) in [5.41, 5.74) is -0.613. The highest BCUT2D eigenvalue weighted by atomic mass is 28.3. The summed E-state index contributed by atoms with van der Waals surface area (Å²) in [5, 5.41) is 3.15. The Kier molecular flexibility index (Phi) is 10.1. The van der Waals surface area contributed by atoms with Crippen LogP contribution in [0.5, 0.6) is 0 Å². The third-order valence-corrected chi connectivity index (χ3v) is 5.74. The molecule has 188 valence electrons. The highest BCUT2D eigenvalue weighted by molar-refractivity contribution is 6.48. The van der Waals surface area contributed by atoms with Crippen LogP contribution in [0.1, 0.15) is 53.2 Å². The molecular formula is C23H37F3N2O4Si. The van der Waals surface area contributed by atoms with E-state index in [0.29, 0.717) is 6.41 Å². The third kappa shape index (κ3) is 9.46. The maximum atomic E-state index is 12.9. The molecule has 6 nitrogen and oxygen atoms in total. The zero-order chi connectivity index (χ0) is 25.6. The lowest BCUT2D eigenvalue weighted by Gasteiger charge is -2.46. The molecule has 3 unspecified atom stereocenters. The number of carbonyl (C=O) groups excluding carboxylic acids is 2. The normalized spacial score (nSPS) is 15.6.